The first-order valence-electron chi connectivity index (χ1n) is 12.1. The van der Waals surface area contributed by atoms with E-state index in [2.05, 4.69) is 34.6 Å². The molecule has 0 radical (unpaired) electrons. The lowest BCUT2D eigenvalue weighted by atomic mass is 9.52. The highest BCUT2D eigenvalue weighted by atomic mass is 16.7. The van der Waals surface area contributed by atoms with Crippen LogP contribution in [0.4, 0.5) is 0 Å². The number of hydrogen-bond donors (Lipinski definition) is 0. The summed E-state index contributed by atoms with van der Waals surface area (Å²) in [5.74, 6) is 4.87. The van der Waals surface area contributed by atoms with Crippen molar-refractivity contribution in [2.45, 2.75) is 98.7 Å². The smallest absolute Gasteiger partial charge is 0.314 e. The molecule has 0 saturated heterocycles. The number of esters is 1. The lowest BCUT2D eigenvalue weighted by molar-refractivity contribution is -0.202. The van der Waals surface area contributed by atoms with Gasteiger partial charge in [-0.1, -0.05) is 27.7 Å². The Bertz CT molecular complexity index is 550. The number of carbonyl (C=O) groups is 1. The second-order valence-electron chi connectivity index (χ2n) is 11.7. The molecule has 3 heteroatoms. The summed E-state index contributed by atoms with van der Waals surface area (Å²) >= 11 is 0. The molecule has 5 rings (SSSR count). The standard InChI is InChI=1S/C25H42O3/c1-6-22(28-23(26)25(5,14-16(2)3)24(4)7-8-24)27-15-21-19-10-17-9-18(12-19)13-20(21)11-17/h16-22H,6-15H2,1-5H3. The second-order valence-corrected chi connectivity index (χ2v) is 11.7. The lowest BCUT2D eigenvalue weighted by Crippen LogP contribution is -2.47. The van der Waals surface area contributed by atoms with Crippen molar-refractivity contribution in [1.29, 1.82) is 0 Å². The Hall–Kier alpha value is -0.570. The zero-order chi connectivity index (χ0) is 20.1. The van der Waals surface area contributed by atoms with E-state index in [0.29, 0.717) is 11.8 Å². The minimum Gasteiger partial charge on any atom is -0.435 e. The maximum absolute atomic E-state index is 13.3. The molecule has 0 aromatic rings. The molecule has 0 N–H and O–H groups in total. The molecule has 4 bridgehead atoms. The Morgan fingerprint density at radius 3 is 2.11 bits per heavy atom. The summed E-state index contributed by atoms with van der Waals surface area (Å²) in [6, 6.07) is 0. The fourth-order valence-corrected chi connectivity index (χ4v) is 7.15. The lowest BCUT2D eigenvalue weighted by Gasteiger charge is -2.54. The molecule has 5 aliphatic carbocycles. The normalized spacial score (nSPS) is 38.3. The van der Waals surface area contributed by atoms with E-state index in [1.54, 1.807) is 0 Å². The summed E-state index contributed by atoms with van der Waals surface area (Å²) in [6.07, 6.45) is 10.7. The Morgan fingerprint density at radius 2 is 1.64 bits per heavy atom. The largest absolute Gasteiger partial charge is 0.435 e. The fraction of sp³-hybridized carbons (Fsp3) is 0.960. The molecule has 0 aliphatic heterocycles. The van der Waals surface area contributed by atoms with Crippen molar-refractivity contribution in [3.63, 3.8) is 0 Å². The van der Waals surface area contributed by atoms with E-state index in [0.717, 1.165) is 56.0 Å². The van der Waals surface area contributed by atoms with Crippen molar-refractivity contribution in [2.24, 2.45) is 46.3 Å². The minimum atomic E-state index is -0.388. The summed E-state index contributed by atoms with van der Waals surface area (Å²) < 4.78 is 12.3. The molecule has 0 aromatic carbocycles. The summed E-state index contributed by atoms with van der Waals surface area (Å²) in [5, 5.41) is 0. The van der Waals surface area contributed by atoms with E-state index in [1.165, 1.54) is 32.1 Å². The zero-order valence-electron chi connectivity index (χ0n) is 18.8. The van der Waals surface area contributed by atoms with Crippen LogP contribution in [0.25, 0.3) is 0 Å². The van der Waals surface area contributed by atoms with Crippen molar-refractivity contribution in [2.75, 3.05) is 6.61 Å². The Kier molecular flexibility index (Phi) is 5.61. The van der Waals surface area contributed by atoms with Gasteiger partial charge in [-0.25, -0.2) is 0 Å². The quantitative estimate of drug-likeness (QED) is 0.347. The van der Waals surface area contributed by atoms with Crippen molar-refractivity contribution in [1.82, 2.24) is 0 Å². The van der Waals surface area contributed by atoms with Crippen molar-refractivity contribution < 1.29 is 14.3 Å². The van der Waals surface area contributed by atoms with Crippen molar-refractivity contribution >= 4 is 5.97 Å². The van der Waals surface area contributed by atoms with Crippen LogP contribution in [0.3, 0.4) is 0 Å². The first-order valence-corrected chi connectivity index (χ1v) is 12.1. The highest BCUT2D eigenvalue weighted by molar-refractivity contribution is 5.78. The van der Waals surface area contributed by atoms with Crippen molar-refractivity contribution in [3.05, 3.63) is 0 Å². The van der Waals surface area contributed by atoms with Crippen LogP contribution in [-0.2, 0) is 14.3 Å². The van der Waals surface area contributed by atoms with Gasteiger partial charge in [0.1, 0.15) is 0 Å². The van der Waals surface area contributed by atoms with Crippen LogP contribution in [0.1, 0.15) is 92.4 Å². The summed E-state index contributed by atoms with van der Waals surface area (Å²) in [6.45, 7) is 11.7. The molecule has 0 heterocycles. The molecule has 160 valence electrons. The van der Waals surface area contributed by atoms with Gasteiger partial charge >= 0.3 is 5.97 Å². The first-order chi connectivity index (χ1) is 13.2. The van der Waals surface area contributed by atoms with E-state index >= 15 is 0 Å². The number of hydrogen-bond acceptors (Lipinski definition) is 3. The SMILES string of the molecule is CCC(OCC1C2CC3CC(C2)CC1C3)OC(=O)C(C)(CC(C)C)C1(C)CC1. The van der Waals surface area contributed by atoms with Crippen molar-refractivity contribution in [3.8, 4) is 0 Å². The molecule has 28 heavy (non-hydrogen) atoms. The Morgan fingerprint density at radius 1 is 1.07 bits per heavy atom. The van der Waals surface area contributed by atoms with E-state index in [9.17, 15) is 4.79 Å². The fourth-order valence-electron chi connectivity index (χ4n) is 7.15. The average Bonchev–Trinajstić information content (AvgIpc) is 3.38. The zero-order valence-corrected chi connectivity index (χ0v) is 18.8. The van der Waals surface area contributed by atoms with E-state index < -0.39 is 0 Å². The van der Waals surface area contributed by atoms with Gasteiger partial charge in [-0.2, -0.15) is 0 Å². The van der Waals surface area contributed by atoms with Crippen LogP contribution < -0.4 is 0 Å². The molecule has 2 unspecified atom stereocenters. The molecular formula is C25H42O3. The molecule has 0 aromatic heterocycles. The van der Waals surface area contributed by atoms with Crippen LogP contribution in [-0.4, -0.2) is 18.9 Å². The van der Waals surface area contributed by atoms with Gasteiger partial charge in [0.05, 0.1) is 12.0 Å². The van der Waals surface area contributed by atoms with Gasteiger partial charge in [-0.05, 0) is 99.2 Å². The number of carbonyl (C=O) groups excluding carboxylic acids is 1. The molecule has 5 saturated carbocycles. The first kappa shape index (κ1) is 20.7. The van der Waals surface area contributed by atoms with Gasteiger partial charge in [0, 0.05) is 6.42 Å². The Balaban J connectivity index is 1.34. The maximum Gasteiger partial charge on any atom is 0.314 e. The van der Waals surface area contributed by atoms with Crippen LogP contribution in [0.5, 0.6) is 0 Å². The van der Waals surface area contributed by atoms with Crippen LogP contribution in [0, 0.1) is 46.3 Å². The van der Waals surface area contributed by atoms with Gasteiger partial charge in [-0.15, -0.1) is 0 Å². The van der Waals surface area contributed by atoms with Gasteiger partial charge < -0.3 is 9.47 Å². The third kappa shape index (κ3) is 3.77. The highest BCUT2D eigenvalue weighted by Gasteiger charge is 2.58. The molecule has 3 nitrogen and oxygen atoms in total. The third-order valence-electron chi connectivity index (χ3n) is 9.07. The van der Waals surface area contributed by atoms with Gasteiger partial charge in [0.2, 0.25) is 6.29 Å². The topological polar surface area (TPSA) is 35.5 Å². The van der Waals surface area contributed by atoms with Gasteiger partial charge in [0.25, 0.3) is 0 Å². The molecule has 0 spiro atoms. The highest BCUT2D eigenvalue weighted by Crippen LogP contribution is 2.61. The third-order valence-corrected chi connectivity index (χ3v) is 9.07. The number of ether oxygens (including phenoxy) is 2. The van der Waals surface area contributed by atoms with Gasteiger partial charge in [0.15, 0.2) is 0 Å². The van der Waals surface area contributed by atoms with Gasteiger partial charge in [-0.3, -0.25) is 4.79 Å². The second kappa shape index (κ2) is 7.60. The van der Waals surface area contributed by atoms with E-state index in [1.807, 2.05) is 0 Å². The summed E-state index contributed by atoms with van der Waals surface area (Å²) in [4.78, 5) is 13.3. The molecule has 5 aliphatic rings. The van der Waals surface area contributed by atoms with Crippen LogP contribution in [0.2, 0.25) is 0 Å². The molecular weight excluding hydrogens is 348 g/mol. The van der Waals surface area contributed by atoms with Crippen LogP contribution >= 0.6 is 0 Å². The summed E-state index contributed by atoms with van der Waals surface area (Å²) in [7, 11) is 0. The predicted molar refractivity (Wildman–Crippen MR) is 112 cm³/mol. The van der Waals surface area contributed by atoms with E-state index in [-0.39, 0.29) is 23.1 Å². The van der Waals surface area contributed by atoms with E-state index in [4.69, 9.17) is 9.47 Å². The number of rotatable bonds is 9. The monoisotopic (exact) mass is 390 g/mol. The molecule has 2 atom stereocenters. The Labute approximate surface area is 172 Å². The average molecular weight is 391 g/mol. The predicted octanol–water partition coefficient (Wildman–Crippen LogP) is 6.21. The summed E-state index contributed by atoms with van der Waals surface area (Å²) in [5.41, 5.74) is -0.283. The minimum absolute atomic E-state index is 0.0295. The maximum atomic E-state index is 13.3. The molecule has 0 amide bonds. The molecule has 5 fully saturated rings. The van der Waals surface area contributed by atoms with Crippen LogP contribution in [0.15, 0.2) is 0 Å².